The topological polar surface area (TPSA) is 74.7 Å². The average molecular weight is 279 g/mol. The van der Waals surface area contributed by atoms with Crippen LogP contribution in [0.25, 0.3) is 0 Å². The first kappa shape index (κ1) is 13.6. The van der Waals surface area contributed by atoms with Crippen molar-refractivity contribution in [1.29, 1.82) is 0 Å². The summed E-state index contributed by atoms with van der Waals surface area (Å²) in [5.74, 6) is -1.15. The summed E-state index contributed by atoms with van der Waals surface area (Å²) < 4.78 is 0. The maximum atomic E-state index is 12.0. The van der Waals surface area contributed by atoms with Gasteiger partial charge in [0.15, 0.2) is 0 Å². The fourth-order valence-corrected chi connectivity index (χ4v) is 2.89. The molecule has 19 heavy (non-hydrogen) atoms. The van der Waals surface area contributed by atoms with Crippen molar-refractivity contribution in [3.8, 4) is 0 Å². The Labute approximate surface area is 114 Å². The van der Waals surface area contributed by atoms with Gasteiger partial charge in [0.1, 0.15) is 11.8 Å². The van der Waals surface area contributed by atoms with Crippen LogP contribution in [0, 0.1) is 0 Å². The molecule has 1 heterocycles. The van der Waals surface area contributed by atoms with Gasteiger partial charge in [-0.3, -0.25) is 14.5 Å². The summed E-state index contributed by atoms with van der Waals surface area (Å²) in [5, 5.41) is 9.28. The number of aldehydes is 1. The summed E-state index contributed by atoms with van der Waals surface area (Å²) in [6.45, 7) is 2.97. The van der Waals surface area contributed by atoms with E-state index in [1.165, 1.54) is 30.5 Å². The fraction of sp³-hybridized carbons (Fsp3) is 0.308. The number of benzene rings is 1. The Morgan fingerprint density at radius 1 is 1.47 bits per heavy atom. The number of carbonyl (C=O) groups excluding carboxylic acids is 2. The van der Waals surface area contributed by atoms with Crippen molar-refractivity contribution in [3.05, 3.63) is 23.8 Å². The van der Waals surface area contributed by atoms with Crippen LogP contribution >= 0.6 is 11.8 Å². The highest BCUT2D eigenvalue weighted by atomic mass is 32.2. The molecule has 1 aromatic rings. The minimum absolute atomic E-state index is 0.173. The third-order valence-corrected chi connectivity index (χ3v) is 4.07. The van der Waals surface area contributed by atoms with Gasteiger partial charge >= 0.3 is 5.97 Å². The fourth-order valence-electron chi connectivity index (χ4n) is 1.95. The number of thioether (sulfide) groups is 1. The lowest BCUT2D eigenvalue weighted by Crippen LogP contribution is -2.55. The van der Waals surface area contributed by atoms with Crippen LogP contribution in [-0.2, 0) is 9.59 Å². The molecule has 0 radical (unpaired) electrons. The molecule has 1 aromatic carbocycles. The molecule has 1 aliphatic heterocycles. The molecule has 5 nitrogen and oxygen atoms in total. The first-order chi connectivity index (χ1) is 8.87. The maximum Gasteiger partial charge on any atom is 0.329 e. The monoisotopic (exact) mass is 279 g/mol. The number of hydrogen-bond donors (Lipinski definition) is 1. The summed E-state index contributed by atoms with van der Waals surface area (Å²) in [6.07, 6.45) is 0.726. The van der Waals surface area contributed by atoms with Crippen LogP contribution in [-0.4, -0.2) is 34.6 Å². The molecule has 1 N–H and O–H groups in total. The predicted octanol–water partition coefficient (Wildman–Crippen LogP) is 1.80. The van der Waals surface area contributed by atoms with Crippen molar-refractivity contribution in [2.45, 2.75) is 24.3 Å². The van der Waals surface area contributed by atoms with Gasteiger partial charge in [-0.25, -0.2) is 4.79 Å². The average Bonchev–Trinajstić information content (AvgIpc) is 2.37. The van der Waals surface area contributed by atoms with Crippen molar-refractivity contribution in [1.82, 2.24) is 0 Å². The van der Waals surface area contributed by atoms with Gasteiger partial charge in [-0.2, -0.15) is 0 Å². The normalized spacial score (nSPS) is 15.1. The lowest BCUT2D eigenvalue weighted by molar-refractivity contribution is -0.143. The molecule has 1 amide bonds. The Morgan fingerprint density at radius 3 is 2.74 bits per heavy atom. The Kier molecular flexibility index (Phi) is 3.36. The molecule has 1 aliphatic rings. The number of aliphatic carboxylic acids is 1. The van der Waals surface area contributed by atoms with E-state index in [9.17, 15) is 19.5 Å². The summed E-state index contributed by atoms with van der Waals surface area (Å²) in [4.78, 5) is 36.2. The van der Waals surface area contributed by atoms with Crippen LogP contribution < -0.4 is 4.90 Å². The maximum absolute atomic E-state index is 12.0. The zero-order valence-electron chi connectivity index (χ0n) is 10.5. The summed E-state index contributed by atoms with van der Waals surface area (Å²) in [6, 6.07) is 4.87. The Morgan fingerprint density at radius 2 is 2.16 bits per heavy atom. The van der Waals surface area contributed by atoms with E-state index in [0.29, 0.717) is 11.3 Å². The molecule has 0 atom stereocenters. The molecule has 0 aromatic heterocycles. The number of carboxylic acid groups (broad SMARTS) is 1. The minimum atomic E-state index is -1.32. The van der Waals surface area contributed by atoms with E-state index in [1.807, 2.05) is 0 Å². The molecule has 0 spiro atoms. The number of fused-ring (bicyclic) bond motifs is 1. The third-order valence-electron chi connectivity index (χ3n) is 3.04. The Hall–Kier alpha value is -1.82. The van der Waals surface area contributed by atoms with Crippen molar-refractivity contribution in [2.75, 3.05) is 10.7 Å². The standard InChI is InChI=1S/C13H13NO4S/c1-13(2,12(17)18)14-9-4-3-8(6-15)5-10(9)19-7-11(14)16/h3-6H,7H2,1-2H3,(H,17,18). The van der Waals surface area contributed by atoms with Gasteiger partial charge in [-0.1, -0.05) is 0 Å². The molecular formula is C13H13NO4S. The van der Waals surface area contributed by atoms with E-state index in [0.717, 1.165) is 11.2 Å². The van der Waals surface area contributed by atoms with Crippen LogP contribution in [0.2, 0.25) is 0 Å². The number of carboxylic acids is 1. The summed E-state index contributed by atoms with van der Waals surface area (Å²) in [7, 11) is 0. The molecule has 0 bridgehead atoms. The number of rotatable bonds is 3. The highest BCUT2D eigenvalue weighted by Crippen LogP contribution is 2.39. The smallest absolute Gasteiger partial charge is 0.329 e. The predicted molar refractivity (Wildman–Crippen MR) is 71.8 cm³/mol. The lowest BCUT2D eigenvalue weighted by atomic mass is 10.0. The Balaban J connectivity index is 2.56. The zero-order valence-corrected chi connectivity index (χ0v) is 11.4. The van der Waals surface area contributed by atoms with Gasteiger partial charge in [0, 0.05) is 10.5 Å². The van der Waals surface area contributed by atoms with Crippen LogP contribution in [0.15, 0.2) is 23.1 Å². The van der Waals surface area contributed by atoms with E-state index in [1.54, 1.807) is 18.2 Å². The van der Waals surface area contributed by atoms with Gasteiger partial charge in [-0.05, 0) is 32.0 Å². The number of anilines is 1. The number of carbonyl (C=O) groups is 3. The van der Waals surface area contributed by atoms with E-state index in [4.69, 9.17) is 0 Å². The van der Waals surface area contributed by atoms with Gasteiger partial charge < -0.3 is 5.11 Å². The molecule has 0 fully saturated rings. The number of hydrogen-bond acceptors (Lipinski definition) is 4. The SMILES string of the molecule is CC(C)(C(=O)O)N1C(=O)CSc2cc(C=O)ccc21. The molecule has 0 saturated heterocycles. The van der Waals surface area contributed by atoms with Gasteiger partial charge in [0.2, 0.25) is 5.91 Å². The van der Waals surface area contributed by atoms with Gasteiger partial charge in [0.25, 0.3) is 0 Å². The molecule has 0 aliphatic carbocycles. The summed E-state index contributed by atoms with van der Waals surface area (Å²) in [5.41, 5.74) is -0.275. The second-order valence-electron chi connectivity index (χ2n) is 4.73. The van der Waals surface area contributed by atoms with E-state index >= 15 is 0 Å². The number of amides is 1. The molecule has 6 heteroatoms. The van der Waals surface area contributed by atoms with Crippen LogP contribution in [0.4, 0.5) is 5.69 Å². The molecule has 100 valence electrons. The van der Waals surface area contributed by atoms with E-state index in [-0.39, 0.29) is 11.7 Å². The van der Waals surface area contributed by atoms with Crippen molar-refractivity contribution >= 4 is 35.6 Å². The van der Waals surface area contributed by atoms with Gasteiger partial charge in [0.05, 0.1) is 11.4 Å². The Bertz CT molecular complexity index is 568. The second kappa shape index (κ2) is 4.70. The van der Waals surface area contributed by atoms with Crippen LogP contribution in [0.1, 0.15) is 24.2 Å². The minimum Gasteiger partial charge on any atom is -0.480 e. The second-order valence-corrected chi connectivity index (χ2v) is 5.74. The highest BCUT2D eigenvalue weighted by Gasteiger charge is 2.41. The van der Waals surface area contributed by atoms with E-state index in [2.05, 4.69) is 0 Å². The van der Waals surface area contributed by atoms with Crippen molar-refractivity contribution in [2.24, 2.45) is 0 Å². The molecule has 2 rings (SSSR count). The zero-order chi connectivity index (χ0) is 14.2. The third kappa shape index (κ3) is 2.23. The molecule has 0 saturated carbocycles. The first-order valence-corrected chi connectivity index (χ1v) is 6.65. The molecular weight excluding hydrogens is 266 g/mol. The van der Waals surface area contributed by atoms with Gasteiger partial charge in [-0.15, -0.1) is 11.8 Å². The van der Waals surface area contributed by atoms with Crippen molar-refractivity contribution in [3.63, 3.8) is 0 Å². The number of nitrogens with zero attached hydrogens (tertiary/aromatic N) is 1. The highest BCUT2D eigenvalue weighted by molar-refractivity contribution is 8.00. The van der Waals surface area contributed by atoms with E-state index < -0.39 is 11.5 Å². The quantitative estimate of drug-likeness (QED) is 0.854. The van der Waals surface area contributed by atoms with Crippen molar-refractivity contribution < 1.29 is 19.5 Å². The van der Waals surface area contributed by atoms with Crippen LogP contribution in [0.3, 0.4) is 0 Å². The molecule has 0 unspecified atom stereocenters. The summed E-state index contributed by atoms with van der Waals surface area (Å²) >= 11 is 1.31. The first-order valence-electron chi connectivity index (χ1n) is 5.66. The lowest BCUT2D eigenvalue weighted by Gasteiger charge is -2.38. The van der Waals surface area contributed by atoms with Crippen LogP contribution in [0.5, 0.6) is 0 Å². The largest absolute Gasteiger partial charge is 0.480 e.